The van der Waals surface area contributed by atoms with Gasteiger partial charge in [0.05, 0.1) is 0 Å². The number of likely N-dealkylation sites (tertiary alicyclic amines) is 1. The molecule has 1 saturated heterocycles. The van der Waals surface area contributed by atoms with Crippen molar-refractivity contribution in [2.24, 2.45) is 0 Å². The highest BCUT2D eigenvalue weighted by atomic mass is 19.1. The van der Waals surface area contributed by atoms with Gasteiger partial charge in [-0.3, -0.25) is 9.69 Å². The maximum Gasteiger partial charge on any atom is 0.242 e. The Bertz CT molecular complexity index is 656. The monoisotopic (exact) mass is 348 g/mol. The Kier molecular flexibility index (Phi) is 5.89. The van der Waals surface area contributed by atoms with Gasteiger partial charge in [0.15, 0.2) is 0 Å². The number of amides is 1. The molecular weight excluding hydrogens is 327 g/mol. The van der Waals surface area contributed by atoms with Gasteiger partial charge in [-0.05, 0) is 47.5 Å². The van der Waals surface area contributed by atoms with Gasteiger partial charge < -0.3 is 10.1 Å². The molecule has 1 aromatic carbocycles. The summed E-state index contributed by atoms with van der Waals surface area (Å²) in [6.45, 7) is 3.31. The highest BCUT2D eigenvalue weighted by molar-refractivity contribution is 5.75. The highest BCUT2D eigenvalue weighted by Gasteiger charge is 2.20. The van der Waals surface area contributed by atoms with Gasteiger partial charge in [-0.1, -0.05) is 0 Å². The number of tetrazole rings is 1. The molecule has 0 atom stereocenters. The van der Waals surface area contributed by atoms with Crippen LogP contribution in [0.4, 0.5) is 4.39 Å². The van der Waals surface area contributed by atoms with Crippen LogP contribution in [-0.2, 0) is 11.3 Å². The van der Waals surface area contributed by atoms with Crippen molar-refractivity contribution >= 4 is 5.91 Å². The van der Waals surface area contributed by atoms with Crippen molar-refractivity contribution < 1.29 is 13.9 Å². The number of benzene rings is 1. The molecule has 1 aromatic heterocycles. The Morgan fingerprint density at radius 2 is 2.04 bits per heavy atom. The summed E-state index contributed by atoms with van der Waals surface area (Å²) >= 11 is 0. The summed E-state index contributed by atoms with van der Waals surface area (Å²) in [7, 11) is 0. The van der Waals surface area contributed by atoms with Crippen LogP contribution in [0.5, 0.6) is 5.75 Å². The summed E-state index contributed by atoms with van der Waals surface area (Å²) in [4.78, 5) is 14.2. The number of nitrogens with zero attached hydrogens (tertiary/aromatic N) is 5. The lowest BCUT2D eigenvalue weighted by molar-refractivity contribution is -0.122. The lowest BCUT2D eigenvalue weighted by Crippen LogP contribution is -2.46. The number of ether oxygens (including phenoxy) is 1. The fourth-order valence-electron chi connectivity index (χ4n) is 2.80. The van der Waals surface area contributed by atoms with E-state index in [9.17, 15) is 9.18 Å². The van der Waals surface area contributed by atoms with Crippen LogP contribution in [0, 0.1) is 5.82 Å². The van der Waals surface area contributed by atoms with Gasteiger partial charge in [-0.25, -0.2) is 9.07 Å². The van der Waals surface area contributed by atoms with Gasteiger partial charge in [0.25, 0.3) is 0 Å². The van der Waals surface area contributed by atoms with Crippen LogP contribution in [-0.4, -0.2) is 63.3 Å². The lowest BCUT2D eigenvalue weighted by atomic mass is 10.1. The van der Waals surface area contributed by atoms with E-state index in [-0.39, 0.29) is 24.3 Å². The number of piperidine rings is 1. The van der Waals surface area contributed by atoms with E-state index in [1.165, 1.54) is 23.1 Å². The molecule has 8 nitrogen and oxygen atoms in total. The minimum atomic E-state index is -0.267. The molecule has 1 aliphatic heterocycles. The first-order valence-electron chi connectivity index (χ1n) is 8.30. The van der Waals surface area contributed by atoms with E-state index in [0.717, 1.165) is 32.5 Å². The van der Waals surface area contributed by atoms with E-state index in [1.54, 1.807) is 12.1 Å². The summed E-state index contributed by atoms with van der Waals surface area (Å²) in [6, 6.07) is 6.21. The molecule has 9 heteroatoms. The van der Waals surface area contributed by atoms with Crippen molar-refractivity contribution in [3.8, 4) is 5.75 Å². The van der Waals surface area contributed by atoms with Crippen LogP contribution in [0.2, 0.25) is 0 Å². The third-order valence-electron chi connectivity index (χ3n) is 4.14. The summed E-state index contributed by atoms with van der Waals surface area (Å²) in [6.07, 6.45) is 3.22. The zero-order valence-corrected chi connectivity index (χ0v) is 13.8. The molecule has 0 radical (unpaired) electrons. The number of hydrogen-bond acceptors (Lipinski definition) is 6. The van der Waals surface area contributed by atoms with Crippen LogP contribution < -0.4 is 10.1 Å². The van der Waals surface area contributed by atoms with Gasteiger partial charge in [0.1, 0.15) is 31.0 Å². The quantitative estimate of drug-likeness (QED) is 0.783. The van der Waals surface area contributed by atoms with E-state index in [4.69, 9.17) is 4.74 Å². The average molecular weight is 348 g/mol. The molecule has 3 rings (SSSR count). The molecule has 2 aromatic rings. The number of carbonyl (C=O) groups is 1. The predicted octanol–water partition coefficient (Wildman–Crippen LogP) is 0.472. The predicted molar refractivity (Wildman–Crippen MR) is 87.3 cm³/mol. The molecule has 1 aliphatic rings. The summed E-state index contributed by atoms with van der Waals surface area (Å²) in [5.41, 5.74) is 0. The molecule has 0 bridgehead atoms. The molecule has 0 unspecified atom stereocenters. The van der Waals surface area contributed by atoms with Crippen LogP contribution in [0.3, 0.4) is 0 Å². The molecule has 0 saturated carbocycles. The second-order valence-corrected chi connectivity index (χ2v) is 5.99. The van der Waals surface area contributed by atoms with Crippen molar-refractivity contribution in [2.75, 3.05) is 26.2 Å². The van der Waals surface area contributed by atoms with Crippen LogP contribution >= 0.6 is 0 Å². The fourth-order valence-corrected chi connectivity index (χ4v) is 2.80. The highest BCUT2D eigenvalue weighted by Crippen LogP contribution is 2.13. The minimum Gasteiger partial charge on any atom is -0.492 e. The first kappa shape index (κ1) is 17.3. The topological polar surface area (TPSA) is 85.2 Å². The Morgan fingerprint density at radius 3 is 2.72 bits per heavy atom. The van der Waals surface area contributed by atoms with Crippen LogP contribution in [0.1, 0.15) is 12.8 Å². The molecule has 25 heavy (non-hydrogen) atoms. The second kappa shape index (κ2) is 8.52. The van der Waals surface area contributed by atoms with Gasteiger partial charge in [0.2, 0.25) is 5.91 Å². The molecule has 2 heterocycles. The van der Waals surface area contributed by atoms with E-state index < -0.39 is 0 Å². The third kappa shape index (κ3) is 5.49. The van der Waals surface area contributed by atoms with Crippen LogP contribution in [0.25, 0.3) is 0 Å². The Labute approximate surface area is 145 Å². The number of halogens is 1. The third-order valence-corrected chi connectivity index (χ3v) is 4.14. The normalized spacial score (nSPS) is 15.9. The van der Waals surface area contributed by atoms with Crippen molar-refractivity contribution in [1.82, 2.24) is 30.4 Å². The van der Waals surface area contributed by atoms with Gasteiger partial charge in [0, 0.05) is 25.7 Å². The SMILES string of the molecule is O=C(Cn1cnnn1)NC1CCN(CCOc2ccc(F)cc2)CC1. The summed E-state index contributed by atoms with van der Waals surface area (Å²) in [5.74, 6) is 0.327. The summed E-state index contributed by atoms with van der Waals surface area (Å²) < 4.78 is 19.8. The molecule has 134 valence electrons. The summed E-state index contributed by atoms with van der Waals surface area (Å²) in [5, 5.41) is 13.7. The van der Waals surface area contributed by atoms with E-state index in [2.05, 4.69) is 25.7 Å². The lowest BCUT2D eigenvalue weighted by Gasteiger charge is -2.32. The number of rotatable bonds is 7. The van der Waals surface area contributed by atoms with Crippen molar-refractivity contribution in [2.45, 2.75) is 25.4 Å². The maximum atomic E-state index is 12.8. The van der Waals surface area contributed by atoms with Crippen LogP contribution in [0.15, 0.2) is 30.6 Å². The molecule has 1 fully saturated rings. The first-order chi connectivity index (χ1) is 12.2. The number of hydrogen-bond donors (Lipinski definition) is 1. The second-order valence-electron chi connectivity index (χ2n) is 5.99. The first-order valence-corrected chi connectivity index (χ1v) is 8.30. The Hall–Kier alpha value is -2.55. The zero-order valence-electron chi connectivity index (χ0n) is 13.8. The van der Waals surface area contributed by atoms with Gasteiger partial charge in [-0.15, -0.1) is 5.10 Å². The minimum absolute atomic E-state index is 0.0783. The molecule has 0 aliphatic carbocycles. The number of aromatic nitrogens is 4. The van der Waals surface area contributed by atoms with E-state index in [1.807, 2.05) is 0 Å². The number of carbonyl (C=O) groups excluding carboxylic acids is 1. The van der Waals surface area contributed by atoms with Crippen molar-refractivity contribution in [1.29, 1.82) is 0 Å². The van der Waals surface area contributed by atoms with Crippen molar-refractivity contribution in [3.63, 3.8) is 0 Å². The maximum absolute atomic E-state index is 12.8. The van der Waals surface area contributed by atoms with Crippen molar-refractivity contribution in [3.05, 3.63) is 36.4 Å². The van der Waals surface area contributed by atoms with E-state index in [0.29, 0.717) is 12.4 Å². The van der Waals surface area contributed by atoms with Gasteiger partial charge in [-0.2, -0.15) is 0 Å². The largest absolute Gasteiger partial charge is 0.492 e. The number of nitrogens with one attached hydrogen (secondary N) is 1. The smallest absolute Gasteiger partial charge is 0.242 e. The van der Waals surface area contributed by atoms with Gasteiger partial charge >= 0.3 is 0 Å². The standard InChI is InChI=1S/C16H21FN6O2/c17-13-1-3-15(4-2-13)25-10-9-22-7-5-14(6-8-22)19-16(24)11-23-12-18-20-21-23/h1-4,12,14H,5-11H2,(H,19,24). The molecule has 0 spiro atoms. The average Bonchev–Trinajstić information content (AvgIpc) is 3.11. The Morgan fingerprint density at radius 1 is 1.28 bits per heavy atom. The molecular formula is C16H21FN6O2. The Balaban J connectivity index is 1.31. The fraction of sp³-hybridized carbons (Fsp3) is 0.500. The molecule has 1 N–H and O–H groups in total. The molecule has 1 amide bonds. The van der Waals surface area contributed by atoms with E-state index >= 15 is 0 Å². The zero-order chi connectivity index (χ0) is 17.5.